The number of rotatable bonds is 8. The van der Waals surface area contributed by atoms with Crippen LogP contribution in [0.4, 0.5) is 0 Å². The molecule has 6 heteroatoms. The van der Waals surface area contributed by atoms with E-state index in [1.807, 2.05) is 4.90 Å². The van der Waals surface area contributed by atoms with Crippen LogP contribution < -0.4 is 4.74 Å². The minimum atomic E-state index is 0.0803. The van der Waals surface area contributed by atoms with Crippen LogP contribution in [-0.2, 0) is 0 Å². The van der Waals surface area contributed by atoms with Gasteiger partial charge in [-0.3, -0.25) is 9.69 Å². The second kappa shape index (κ2) is 11.2. The highest BCUT2D eigenvalue weighted by atomic mass is 35.5. The van der Waals surface area contributed by atoms with Gasteiger partial charge < -0.3 is 14.5 Å². The summed E-state index contributed by atoms with van der Waals surface area (Å²) in [6.45, 7) is 11.5. The monoisotopic (exact) mass is 457 g/mol. The highest BCUT2D eigenvalue weighted by Gasteiger charge is 2.26. The van der Waals surface area contributed by atoms with Crippen molar-refractivity contribution in [2.45, 2.75) is 33.2 Å². The van der Waals surface area contributed by atoms with Crippen molar-refractivity contribution in [3.05, 3.63) is 63.7 Å². The first-order valence-electron chi connectivity index (χ1n) is 11.4. The van der Waals surface area contributed by atoms with Crippen molar-refractivity contribution in [1.29, 1.82) is 0 Å². The summed E-state index contributed by atoms with van der Waals surface area (Å²) in [6.07, 6.45) is 1.02. The van der Waals surface area contributed by atoms with E-state index >= 15 is 0 Å². The van der Waals surface area contributed by atoms with Gasteiger partial charge in [0.25, 0.3) is 5.91 Å². The van der Waals surface area contributed by atoms with Gasteiger partial charge in [0, 0.05) is 49.4 Å². The second-order valence-corrected chi connectivity index (χ2v) is 9.36. The largest absolute Gasteiger partial charge is 0.493 e. The number of amides is 1. The van der Waals surface area contributed by atoms with Crippen molar-refractivity contribution in [3.63, 3.8) is 0 Å². The lowest BCUT2D eigenvalue weighted by Crippen LogP contribution is -2.49. The molecule has 0 saturated carbocycles. The van der Waals surface area contributed by atoms with Crippen LogP contribution in [0, 0.1) is 13.8 Å². The van der Waals surface area contributed by atoms with Crippen molar-refractivity contribution >= 4 is 17.5 Å². The molecule has 1 atom stereocenters. The van der Waals surface area contributed by atoms with Gasteiger partial charge in [0.05, 0.1) is 6.61 Å². The van der Waals surface area contributed by atoms with Gasteiger partial charge in [0.15, 0.2) is 0 Å². The maximum absolute atomic E-state index is 12.8. The van der Waals surface area contributed by atoms with Gasteiger partial charge in [0.2, 0.25) is 0 Å². The molecule has 3 rings (SSSR count). The minimum absolute atomic E-state index is 0.0803. The highest BCUT2D eigenvalue weighted by Crippen LogP contribution is 2.31. The van der Waals surface area contributed by atoms with Gasteiger partial charge in [-0.25, -0.2) is 0 Å². The summed E-state index contributed by atoms with van der Waals surface area (Å²) >= 11 is 5.95. The number of piperazine rings is 1. The summed E-state index contributed by atoms with van der Waals surface area (Å²) in [4.78, 5) is 19.4. The minimum Gasteiger partial charge on any atom is -0.493 e. The normalized spacial score (nSPS) is 15.8. The zero-order valence-electron chi connectivity index (χ0n) is 20.0. The molecule has 0 aliphatic carbocycles. The molecule has 0 aromatic heterocycles. The number of carbonyl (C=O) groups is 1. The molecular weight excluding hydrogens is 422 g/mol. The maximum Gasteiger partial charge on any atom is 0.253 e. The van der Waals surface area contributed by atoms with E-state index in [9.17, 15) is 4.79 Å². The molecule has 0 spiro atoms. The van der Waals surface area contributed by atoms with Crippen LogP contribution in [0.15, 0.2) is 36.4 Å². The van der Waals surface area contributed by atoms with Crippen molar-refractivity contribution < 1.29 is 9.53 Å². The summed E-state index contributed by atoms with van der Waals surface area (Å²) in [5.41, 5.74) is 4.54. The van der Waals surface area contributed by atoms with E-state index in [1.54, 1.807) is 24.3 Å². The van der Waals surface area contributed by atoms with E-state index in [2.05, 4.69) is 56.8 Å². The fourth-order valence-electron chi connectivity index (χ4n) is 4.27. The molecule has 1 amide bonds. The van der Waals surface area contributed by atoms with Crippen LogP contribution in [0.1, 0.15) is 46.4 Å². The summed E-state index contributed by atoms with van der Waals surface area (Å²) in [6, 6.07) is 11.8. The summed E-state index contributed by atoms with van der Waals surface area (Å²) in [5, 5.41) is 0.649. The number of halogens is 1. The number of ether oxygens (including phenoxy) is 1. The second-order valence-electron chi connectivity index (χ2n) is 8.92. The van der Waals surface area contributed by atoms with Gasteiger partial charge in [-0.05, 0) is 88.3 Å². The lowest BCUT2D eigenvalue weighted by Gasteiger charge is -2.39. The number of hydrogen-bond donors (Lipinski definition) is 0. The Morgan fingerprint density at radius 2 is 1.69 bits per heavy atom. The molecule has 32 heavy (non-hydrogen) atoms. The fraction of sp³-hybridized carbons (Fsp3) is 0.500. The Hall–Kier alpha value is -2.08. The Balaban J connectivity index is 1.58. The Kier molecular flexibility index (Phi) is 8.57. The Labute approximate surface area is 197 Å². The van der Waals surface area contributed by atoms with Gasteiger partial charge >= 0.3 is 0 Å². The van der Waals surface area contributed by atoms with Crippen LogP contribution in [0.2, 0.25) is 5.02 Å². The molecule has 2 aromatic carbocycles. The van der Waals surface area contributed by atoms with Crippen LogP contribution in [0.5, 0.6) is 5.75 Å². The Morgan fingerprint density at radius 1 is 1.03 bits per heavy atom. The molecule has 1 aliphatic rings. The summed E-state index contributed by atoms with van der Waals surface area (Å²) in [7, 11) is 4.16. The molecule has 1 fully saturated rings. The molecule has 1 saturated heterocycles. The van der Waals surface area contributed by atoms with E-state index in [0.717, 1.165) is 51.5 Å². The van der Waals surface area contributed by atoms with Crippen LogP contribution in [0.25, 0.3) is 0 Å². The predicted octanol–water partition coefficient (Wildman–Crippen LogP) is 4.81. The summed E-state index contributed by atoms with van der Waals surface area (Å²) < 4.78 is 6.05. The number of benzene rings is 2. The molecule has 2 aromatic rings. The maximum atomic E-state index is 12.8. The Bertz CT molecular complexity index is 906. The lowest BCUT2D eigenvalue weighted by molar-refractivity contribution is 0.0581. The fourth-order valence-corrected chi connectivity index (χ4v) is 4.40. The van der Waals surface area contributed by atoms with Crippen molar-refractivity contribution in [2.75, 3.05) is 53.4 Å². The van der Waals surface area contributed by atoms with Crippen LogP contribution >= 0.6 is 11.6 Å². The van der Waals surface area contributed by atoms with Gasteiger partial charge in [0.1, 0.15) is 5.75 Å². The predicted molar refractivity (Wildman–Crippen MR) is 132 cm³/mol. The molecule has 5 nitrogen and oxygen atoms in total. The first-order chi connectivity index (χ1) is 15.3. The third-order valence-corrected chi connectivity index (χ3v) is 6.73. The average Bonchev–Trinajstić information content (AvgIpc) is 2.79. The van der Waals surface area contributed by atoms with Crippen LogP contribution in [-0.4, -0.2) is 74.0 Å². The summed E-state index contributed by atoms with van der Waals surface area (Å²) in [5.74, 6) is 1.06. The SMILES string of the molecule is Cc1c(OCCCN(C)C)ccc(C(C)N2CCN(C(=O)c3ccc(Cl)cc3)CC2)c1C. The first-order valence-corrected chi connectivity index (χ1v) is 11.8. The zero-order chi connectivity index (χ0) is 23.3. The molecule has 0 radical (unpaired) electrons. The van der Waals surface area contributed by atoms with E-state index < -0.39 is 0 Å². The quantitative estimate of drug-likeness (QED) is 0.533. The highest BCUT2D eigenvalue weighted by molar-refractivity contribution is 6.30. The zero-order valence-corrected chi connectivity index (χ0v) is 20.8. The molecule has 1 heterocycles. The third-order valence-electron chi connectivity index (χ3n) is 6.48. The lowest BCUT2D eigenvalue weighted by atomic mass is 9.96. The molecular formula is C26H36ClN3O2. The van der Waals surface area contributed by atoms with E-state index in [0.29, 0.717) is 16.6 Å². The van der Waals surface area contributed by atoms with E-state index in [-0.39, 0.29) is 5.91 Å². The molecule has 1 aliphatic heterocycles. The van der Waals surface area contributed by atoms with Crippen molar-refractivity contribution in [3.8, 4) is 5.75 Å². The van der Waals surface area contributed by atoms with Crippen molar-refractivity contribution in [1.82, 2.24) is 14.7 Å². The van der Waals surface area contributed by atoms with Gasteiger partial charge in [-0.1, -0.05) is 17.7 Å². The average molecular weight is 458 g/mol. The molecule has 0 bridgehead atoms. The number of carbonyl (C=O) groups excluding carboxylic acids is 1. The van der Waals surface area contributed by atoms with Gasteiger partial charge in [-0.15, -0.1) is 0 Å². The standard InChI is InChI=1S/C26H36ClN3O2/c1-19-20(2)25(32-18-6-13-28(4)5)12-11-24(19)21(3)29-14-16-30(17-15-29)26(31)22-7-9-23(27)10-8-22/h7-12,21H,6,13-18H2,1-5H3. The van der Waals surface area contributed by atoms with Crippen molar-refractivity contribution in [2.24, 2.45) is 0 Å². The van der Waals surface area contributed by atoms with Gasteiger partial charge in [-0.2, -0.15) is 0 Å². The Morgan fingerprint density at radius 3 is 2.31 bits per heavy atom. The van der Waals surface area contributed by atoms with E-state index in [1.165, 1.54) is 16.7 Å². The third kappa shape index (κ3) is 6.03. The number of hydrogen-bond acceptors (Lipinski definition) is 4. The molecule has 1 unspecified atom stereocenters. The smallest absolute Gasteiger partial charge is 0.253 e. The van der Waals surface area contributed by atoms with Crippen LogP contribution in [0.3, 0.4) is 0 Å². The molecule has 174 valence electrons. The first kappa shape index (κ1) is 24.6. The molecule has 0 N–H and O–H groups in total. The number of nitrogens with zero attached hydrogens (tertiary/aromatic N) is 3. The topological polar surface area (TPSA) is 36.0 Å². The van der Waals surface area contributed by atoms with E-state index in [4.69, 9.17) is 16.3 Å².